The summed E-state index contributed by atoms with van der Waals surface area (Å²) >= 11 is 4.01. The first kappa shape index (κ1) is 18.8. The molecule has 1 N–H and O–H groups in total. The number of hydrogen-bond acceptors (Lipinski definition) is 6. The van der Waals surface area contributed by atoms with Crippen LogP contribution in [-0.2, 0) is 9.59 Å². The highest BCUT2D eigenvalue weighted by Gasteiger charge is 2.37. The van der Waals surface area contributed by atoms with Crippen molar-refractivity contribution in [2.24, 2.45) is 0 Å². The number of imide groups is 1. The van der Waals surface area contributed by atoms with Crippen molar-refractivity contribution in [2.45, 2.75) is 12.8 Å². The van der Waals surface area contributed by atoms with E-state index in [0.717, 1.165) is 29.5 Å². The highest BCUT2D eigenvalue weighted by atomic mass is 79.9. The fraction of sp³-hybridized carbons (Fsp3) is 0.353. The number of halogens is 1. The lowest BCUT2D eigenvalue weighted by atomic mass is 10.2. The van der Waals surface area contributed by atoms with E-state index in [1.807, 2.05) is 0 Å². The first-order chi connectivity index (χ1) is 12.4. The van der Waals surface area contributed by atoms with Crippen LogP contribution in [0.1, 0.15) is 18.4 Å². The van der Waals surface area contributed by atoms with Crippen LogP contribution in [0.5, 0.6) is 11.5 Å². The molecular weight excluding hydrogens is 424 g/mol. The summed E-state index contributed by atoms with van der Waals surface area (Å²) in [5, 5.41) is 9.39. The van der Waals surface area contributed by atoms with Crippen LogP contribution >= 0.6 is 27.7 Å². The molecule has 0 aromatic heterocycles. The van der Waals surface area contributed by atoms with Gasteiger partial charge in [0.05, 0.1) is 16.5 Å². The molecule has 3 amide bonds. The highest BCUT2D eigenvalue weighted by molar-refractivity contribution is 9.10. The first-order valence-corrected chi connectivity index (χ1v) is 9.61. The molecule has 9 heteroatoms. The predicted molar refractivity (Wildman–Crippen MR) is 101 cm³/mol. The molecule has 1 aromatic carbocycles. The van der Waals surface area contributed by atoms with Gasteiger partial charge in [-0.1, -0.05) is 0 Å². The minimum Gasteiger partial charge on any atom is -0.503 e. The molecule has 0 radical (unpaired) electrons. The highest BCUT2D eigenvalue weighted by Crippen LogP contribution is 2.38. The first-order valence-electron chi connectivity index (χ1n) is 8.00. The third-order valence-corrected chi connectivity index (χ3v) is 5.71. The van der Waals surface area contributed by atoms with E-state index in [2.05, 4.69) is 15.9 Å². The molecule has 0 aliphatic carbocycles. The lowest BCUT2D eigenvalue weighted by Gasteiger charge is -2.18. The van der Waals surface area contributed by atoms with E-state index in [9.17, 15) is 19.5 Å². The van der Waals surface area contributed by atoms with Gasteiger partial charge in [0.2, 0.25) is 5.91 Å². The number of methoxy groups -OCH3 is 1. The molecule has 138 valence electrons. The monoisotopic (exact) mass is 440 g/mol. The quantitative estimate of drug-likeness (QED) is 0.724. The van der Waals surface area contributed by atoms with Crippen molar-refractivity contribution in [3.8, 4) is 11.5 Å². The van der Waals surface area contributed by atoms with Crippen molar-refractivity contribution in [3.63, 3.8) is 0 Å². The van der Waals surface area contributed by atoms with Gasteiger partial charge in [-0.3, -0.25) is 19.3 Å². The topological polar surface area (TPSA) is 87.2 Å². The molecule has 7 nitrogen and oxygen atoms in total. The zero-order valence-corrected chi connectivity index (χ0v) is 16.4. The minimum atomic E-state index is -0.490. The molecule has 0 unspecified atom stereocenters. The predicted octanol–water partition coefficient (Wildman–Crippen LogP) is 2.82. The maximum atomic E-state index is 12.5. The van der Waals surface area contributed by atoms with E-state index in [1.165, 1.54) is 13.2 Å². The van der Waals surface area contributed by atoms with Crippen LogP contribution in [0.2, 0.25) is 0 Å². The van der Waals surface area contributed by atoms with E-state index in [0.29, 0.717) is 23.1 Å². The standard InChI is InChI=1S/C17H17BrN2O5S/c1-25-12-7-10(6-11(18)15(12)22)8-13-16(23)20(17(24)26-13)9-14(21)19-4-2-3-5-19/h6-8,22H,2-5,9H2,1H3/b13-8+. The van der Waals surface area contributed by atoms with Crippen LogP contribution in [0.15, 0.2) is 21.5 Å². The van der Waals surface area contributed by atoms with Crippen molar-refractivity contribution >= 4 is 50.8 Å². The van der Waals surface area contributed by atoms with Crippen LogP contribution in [0, 0.1) is 0 Å². The maximum Gasteiger partial charge on any atom is 0.294 e. The number of amides is 3. The second-order valence-electron chi connectivity index (χ2n) is 5.91. The number of hydrogen-bond donors (Lipinski definition) is 1. The van der Waals surface area contributed by atoms with Crippen molar-refractivity contribution in [3.05, 3.63) is 27.1 Å². The third-order valence-electron chi connectivity index (χ3n) is 4.19. The number of nitrogens with zero attached hydrogens (tertiary/aromatic N) is 2. The number of phenols is 1. The Morgan fingerprint density at radius 2 is 2.04 bits per heavy atom. The van der Waals surface area contributed by atoms with Gasteiger partial charge >= 0.3 is 0 Å². The summed E-state index contributed by atoms with van der Waals surface area (Å²) < 4.78 is 5.49. The zero-order chi connectivity index (χ0) is 18.8. The number of carbonyl (C=O) groups excluding carboxylic acids is 3. The van der Waals surface area contributed by atoms with Crippen LogP contribution < -0.4 is 4.74 Å². The molecule has 2 aliphatic rings. The Bertz CT molecular complexity index is 805. The molecule has 0 atom stereocenters. The normalized spacial score (nSPS) is 18.9. The summed E-state index contributed by atoms with van der Waals surface area (Å²) in [7, 11) is 1.42. The summed E-state index contributed by atoms with van der Waals surface area (Å²) in [5.41, 5.74) is 0.586. The Balaban J connectivity index is 1.79. The number of aromatic hydroxyl groups is 1. The van der Waals surface area contributed by atoms with Crippen LogP contribution in [0.4, 0.5) is 4.79 Å². The molecule has 2 aliphatic heterocycles. The Hall–Kier alpha value is -2.00. The fourth-order valence-corrected chi connectivity index (χ4v) is 4.12. The summed E-state index contributed by atoms with van der Waals surface area (Å²) in [5.74, 6) is -0.501. The van der Waals surface area contributed by atoms with Crippen LogP contribution in [-0.4, -0.2) is 58.7 Å². The lowest BCUT2D eigenvalue weighted by Crippen LogP contribution is -2.40. The minimum absolute atomic E-state index is 0.0473. The average molecular weight is 441 g/mol. The Labute approximate surface area is 163 Å². The fourth-order valence-electron chi connectivity index (χ4n) is 2.82. The van der Waals surface area contributed by atoms with E-state index in [1.54, 1.807) is 17.0 Å². The van der Waals surface area contributed by atoms with Crippen LogP contribution in [0.25, 0.3) is 6.08 Å². The molecular formula is C17H17BrN2O5S. The number of ether oxygens (including phenoxy) is 1. The molecule has 2 heterocycles. The summed E-state index contributed by atoms with van der Waals surface area (Å²) in [6.45, 7) is 1.11. The second kappa shape index (κ2) is 7.71. The van der Waals surface area contributed by atoms with Gasteiger partial charge in [0.15, 0.2) is 11.5 Å². The molecule has 0 spiro atoms. The Kier molecular flexibility index (Phi) is 5.57. The molecule has 0 saturated carbocycles. The zero-order valence-electron chi connectivity index (χ0n) is 14.0. The molecule has 3 rings (SSSR count). The largest absolute Gasteiger partial charge is 0.503 e. The van der Waals surface area contributed by atoms with Crippen molar-refractivity contribution in [2.75, 3.05) is 26.7 Å². The van der Waals surface area contributed by atoms with Gasteiger partial charge in [0, 0.05) is 13.1 Å². The SMILES string of the molecule is COc1cc(/C=C2/SC(=O)N(CC(=O)N3CCCC3)C2=O)cc(Br)c1O. The second-order valence-corrected chi connectivity index (χ2v) is 7.76. The Morgan fingerprint density at radius 3 is 2.69 bits per heavy atom. The summed E-state index contributed by atoms with van der Waals surface area (Å²) in [4.78, 5) is 39.8. The van der Waals surface area contributed by atoms with Gasteiger partial charge in [-0.25, -0.2) is 0 Å². The van der Waals surface area contributed by atoms with Gasteiger partial charge in [-0.2, -0.15) is 0 Å². The van der Waals surface area contributed by atoms with Crippen molar-refractivity contribution in [1.29, 1.82) is 0 Å². The van der Waals surface area contributed by atoms with E-state index < -0.39 is 11.1 Å². The number of thioether (sulfide) groups is 1. The number of rotatable bonds is 4. The summed E-state index contributed by atoms with van der Waals surface area (Å²) in [6.07, 6.45) is 3.44. The number of phenolic OH excluding ortho intramolecular Hbond substituents is 1. The molecule has 1 aromatic rings. The maximum absolute atomic E-state index is 12.5. The van der Waals surface area contributed by atoms with Gasteiger partial charge in [-0.15, -0.1) is 0 Å². The van der Waals surface area contributed by atoms with Gasteiger partial charge in [-0.05, 0) is 64.3 Å². The number of benzene rings is 1. The van der Waals surface area contributed by atoms with E-state index in [-0.39, 0.29) is 28.9 Å². The van der Waals surface area contributed by atoms with Crippen molar-refractivity contribution in [1.82, 2.24) is 9.80 Å². The van der Waals surface area contributed by atoms with Crippen molar-refractivity contribution < 1.29 is 24.2 Å². The lowest BCUT2D eigenvalue weighted by molar-refractivity contribution is -0.135. The third kappa shape index (κ3) is 3.73. The number of likely N-dealkylation sites (tertiary alicyclic amines) is 1. The molecule has 26 heavy (non-hydrogen) atoms. The van der Waals surface area contributed by atoms with Crippen LogP contribution in [0.3, 0.4) is 0 Å². The smallest absolute Gasteiger partial charge is 0.294 e. The van der Waals surface area contributed by atoms with Gasteiger partial charge in [0.1, 0.15) is 6.54 Å². The molecule has 2 saturated heterocycles. The Morgan fingerprint density at radius 1 is 1.35 bits per heavy atom. The number of carbonyl (C=O) groups is 3. The molecule has 2 fully saturated rings. The van der Waals surface area contributed by atoms with Gasteiger partial charge in [0.25, 0.3) is 11.1 Å². The molecule has 0 bridgehead atoms. The van der Waals surface area contributed by atoms with Gasteiger partial charge < -0.3 is 14.7 Å². The average Bonchev–Trinajstić information content (AvgIpc) is 3.23. The van der Waals surface area contributed by atoms with E-state index >= 15 is 0 Å². The van der Waals surface area contributed by atoms with E-state index in [4.69, 9.17) is 4.74 Å². The summed E-state index contributed by atoms with van der Waals surface area (Å²) in [6, 6.07) is 3.17.